The van der Waals surface area contributed by atoms with Gasteiger partial charge in [-0.2, -0.15) is 0 Å². The lowest BCUT2D eigenvalue weighted by Gasteiger charge is -2.31. The van der Waals surface area contributed by atoms with E-state index in [4.69, 9.17) is 5.11 Å². The topological polar surface area (TPSA) is 92.0 Å². The number of thiazole rings is 1. The molecule has 8 heteroatoms. The van der Waals surface area contributed by atoms with Crippen LogP contribution in [-0.4, -0.2) is 43.9 Å². The molecule has 0 radical (unpaired) electrons. The Kier molecular flexibility index (Phi) is 3.58. The fourth-order valence-electron chi connectivity index (χ4n) is 1.75. The molecule has 0 aliphatic carbocycles. The molecule has 2 aromatic rings. The van der Waals surface area contributed by atoms with Crippen LogP contribution in [0.2, 0.25) is 0 Å². The molecule has 0 bridgehead atoms. The van der Waals surface area contributed by atoms with E-state index in [2.05, 4.69) is 4.98 Å². The first kappa shape index (κ1) is 15.2. The van der Waals surface area contributed by atoms with Gasteiger partial charge in [0.15, 0.2) is 4.96 Å². The van der Waals surface area contributed by atoms with Gasteiger partial charge >= 0.3 is 5.97 Å². The van der Waals surface area contributed by atoms with Crippen molar-refractivity contribution in [3.63, 3.8) is 0 Å². The van der Waals surface area contributed by atoms with Gasteiger partial charge in [-0.05, 0) is 20.8 Å². The molecule has 112 valence electrons. The highest BCUT2D eigenvalue weighted by atomic mass is 32.1. The van der Waals surface area contributed by atoms with Crippen molar-refractivity contribution in [2.24, 2.45) is 0 Å². The predicted molar refractivity (Wildman–Crippen MR) is 77.9 cm³/mol. The largest absolute Gasteiger partial charge is 0.480 e. The molecule has 7 nitrogen and oxygen atoms in total. The predicted octanol–water partition coefficient (Wildman–Crippen LogP) is 1.000. The summed E-state index contributed by atoms with van der Waals surface area (Å²) in [5.41, 5.74) is -1.38. The van der Waals surface area contributed by atoms with E-state index in [0.717, 1.165) is 4.90 Å². The molecule has 2 aromatic heterocycles. The maximum Gasteiger partial charge on any atom is 0.329 e. The van der Waals surface area contributed by atoms with Crippen LogP contribution in [0.5, 0.6) is 0 Å². The van der Waals surface area contributed by atoms with Crippen molar-refractivity contribution in [3.8, 4) is 0 Å². The number of aryl methyl sites for hydroxylation is 1. The second kappa shape index (κ2) is 4.96. The molecule has 0 saturated carbocycles. The summed E-state index contributed by atoms with van der Waals surface area (Å²) >= 11 is 1.30. The highest BCUT2D eigenvalue weighted by Gasteiger charge is 2.36. The Balaban J connectivity index is 2.54. The number of hydrogen-bond donors (Lipinski definition) is 1. The average molecular weight is 309 g/mol. The van der Waals surface area contributed by atoms with Crippen LogP contribution < -0.4 is 5.56 Å². The summed E-state index contributed by atoms with van der Waals surface area (Å²) in [7, 11) is 1.35. The smallest absolute Gasteiger partial charge is 0.329 e. The SMILES string of the molecule is Cc1csc2ncc(C(=O)N(C)C(C)(C)C(=O)O)c(=O)n12. The van der Waals surface area contributed by atoms with Crippen LogP contribution in [0.1, 0.15) is 29.9 Å². The molecular formula is C13H15N3O4S. The van der Waals surface area contributed by atoms with Gasteiger partial charge in [0, 0.05) is 24.3 Å². The molecule has 0 aliphatic rings. The maximum absolute atomic E-state index is 12.4. The zero-order valence-corrected chi connectivity index (χ0v) is 12.9. The molecule has 1 N–H and O–H groups in total. The minimum Gasteiger partial charge on any atom is -0.480 e. The number of nitrogens with zero attached hydrogens (tertiary/aromatic N) is 3. The first-order valence-corrected chi connectivity index (χ1v) is 7.03. The third-order valence-corrected chi connectivity index (χ3v) is 4.47. The molecule has 0 unspecified atom stereocenters. The molecule has 0 aromatic carbocycles. The average Bonchev–Trinajstić information content (AvgIpc) is 2.79. The molecule has 0 saturated heterocycles. The van der Waals surface area contributed by atoms with Crippen molar-refractivity contribution in [3.05, 3.63) is 33.2 Å². The summed E-state index contributed by atoms with van der Waals surface area (Å²) < 4.78 is 1.35. The van der Waals surface area contributed by atoms with Crippen molar-refractivity contribution in [1.29, 1.82) is 0 Å². The normalized spacial score (nSPS) is 11.6. The second-order valence-electron chi connectivity index (χ2n) is 5.20. The number of hydrogen-bond acceptors (Lipinski definition) is 5. The van der Waals surface area contributed by atoms with Crippen molar-refractivity contribution in [2.45, 2.75) is 26.3 Å². The van der Waals surface area contributed by atoms with Crippen molar-refractivity contribution >= 4 is 28.2 Å². The fraction of sp³-hybridized carbons (Fsp3) is 0.385. The molecule has 0 fully saturated rings. The highest BCUT2D eigenvalue weighted by molar-refractivity contribution is 7.15. The summed E-state index contributed by atoms with van der Waals surface area (Å²) in [5.74, 6) is -1.82. The molecule has 0 atom stereocenters. The van der Waals surface area contributed by atoms with Crippen molar-refractivity contribution in [1.82, 2.24) is 14.3 Å². The molecule has 0 aliphatic heterocycles. The van der Waals surface area contributed by atoms with Gasteiger partial charge in [-0.15, -0.1) is 11.3 Å². The van der Waals surface area contributed by atoms with E-state index in [9.17, 15) is 14.4 Å². The van der Waals surface area contributed by atoms with Crippen LogP contribution in [0.3, 0.4) is 0 Å². The third kappa shape index (κ3) is 2.31. The lowest BCUT2D eigenvalue weighted by Crippen LogP contribution is -2.51. The van der Waals surface area contributed by atoms with E-state index in [1.165, 1.54) is 42.8 Å². The van der Waals surface area contributed by atoms with Gasteiger partial charge in [-0.25, -0.2) is 9.78 Å². The Morgan fingerprint density at radius 1 is 1.43 bits per heavy atom. The van der Waals surface area contributed by atoms with Gasteiger partial charge < -0.3 is 10.0 Å². The lowest BCUT2D eigenvalue weighted by molar-refractivity contribution is -0.147. The van der Waals surface area contributed by atoms with Crippen molar-refractivity contribution < 1.29 is 14.7 Å². The maximum atomic E-state index is 12.4. The lowest BCUT2D eigenvalue weighted by atomic mass is 10.0. The number of fused-ring (bicyclic) bond motifs is 1. The number of aliphatic carboxylic acids is 1. The zero-order chi connectivity index (χ0) is 15.9. The Hall–Kier alpha value is -2.22. The van der Waals surface area contributed by atoms with Gasteiger partial charge in [-0.1, -0.05) is 0 Å². The molecule has 21 heavy (non-hydrogen) atoms. The first-order valence-electron chi connectivity index (χ1n) is 6.15. The van der Waals surface area contributed by atoms with E-state index >= 15 is 0 Å². The Morgan fingerprint density at radius 3 is 2.62 bits per heavy atom. The minimum atomic E-state index is -1.42. The Bertz CT molecular complexity index is 790. The van der Waals surface area contributed by atoms with Crippen LogP contribution >= 0.6 is 11.3 Å². The zero-order valence-electron chi connectivity index (χ0n) is 12.1. The van der Waals surface area contributed by atoms with E-state index < -0.39 is 23.0 Å². The van der Waals surface area contributed by atoms with Gasteiger partial charge in [0.2, 0.25) is 0 Å². The van der Waals surface area contributed by atoms with Gasteiger partial charge in [0.1, 0.15) is 11.1 Å². The molecular weight excluding hydrogens is 294 g/mol. The van der Waals surface area contributed by atoms with Crippen LogP contribution in [0.25, 0.3) is 4.96 Å². The number of carbonyl (C=O) groups excluding carboxylic acids is 1. The van der Waals surface area contributed by atoms with Crippen molar-refractivity contribution in [2.75, 3.05) is 7.05 Å². The standard InChI is InChI=1S/C13H15N3O4S/c1-7-6-21-12-14-5-8(10(18)16(7)12)9(17)15(4)13(2,3)11(19)20/h5-6H,1-4H3,(H,19,20). The molecule has 0 spiro atoms. The first-order chi connectivity index (χ1) is 9.67. The summed E-state index contributed by atoms with van der Waals surface area (Å²) in [6, 6.07) is 0. The molecule has 1 amide bonds. The minimum absolute atomic E-state index is 0.147. The molecule has 2 heterocycles. The van der Waals surface area contributed by atoms with E-state index in [-0.39, 0.29) is 5.56 Å². The van der Waals surface area contributed by atoms with E-state index in [1.807, 2.05) is 0 Å². The summed E-state index contributed by atoms with van der Waals surface area (Å²) in [5, 5.41) is 10.9. The van der Waals surface area contributed by atoms with Crippen LogP contribution in [0.4, 0.5) is 0 Å². The number of rotatable bonds is 3. The summed E-state index contributed by atoms with van der Waals surface area (Å²) in [4.78, 5) is 41.6. The van der Waals surface area contributed by atoms with E-state index in [1.54, 1.807) is 12.3 Å². The highest BCUT2D eigenvalue weighted by Crippen LogP contribution is 2.16. The van der Waals surface area contributed by atoms with Crippen LogP contribution in [0, 0.1) is 6.92 Å². The Labute approximate surface area is 124 Å². The number of carboxylic acids is 1. The quantitative estimate of drug-likeness (QED) is 0.913. The Morgan fingerprint density at radius 2 is 2.05 bits per heavy atom. The third-order valence-electron chi connectivity index (χ3n) is 3.51. The summed E-state index contributed by atoms with van der Waals surface area (Å²) in [6.07, 6.45) is 1.20. The number of likely N-dealkylation sites (N-methyl/N-ethyl adjacent to an activating group) is 1. The number of carboxylic acid groups (broad SMARTS) is 1. The fourth-order valence-corrected chi connectivity index (χ4v) is 2.58. The number of amides is 1. The van der Waals surface area contributed by atoms with E-state index in [0.29, 0.717) is 10.7 Å². The van der Waals surface area contributed by atoms with Gasteiger partial charge in [-0.3, -0.25) is 14.0 Å². The van der Waals surface area contributed by atoms with Gasteiger partial charge in [0.25, 0.3) is 11.5 Å². The number of carbonyl (C=O) groups is 2. The number of aromatic nitrogens is 2. The monoisotopic (exact) mass is 309 g/mol. The van der Waals surface area contributed by atoms with Crippen LogP contribution in [-0.2, 0) is 4.79 Å². The second-order valence-corrected chi connectivity index (χ2v) is 6.04. The molecule has 2 rings (SSSR count). The summed E-state index contributed by atoms with van der Waals surface area (Å²) in [6.45, 7) is 4.53. The van der Waals surface area contributed by atoms with Crippen LogP contribution in [0.15, 0.2) is 16.4 Å². The van der Waals surface area contributed by atoms with Gasteiger partial charge in [0.05, 0.1) is 0 Å².